The lowest BCUT2D eigenvalue weighted by molar-refractivity contribution is 0.0349. The third-order valence-corrected chi connectivity index (χ3v) is 5.68. The maximum atomic E-state index is 10.3. The Morgan fingerprint density at radius 1 is 1.56 bits per heavy atom. The molecule has 102 valence electrons. The van der Waals surface area contributed by atoms with Crippen molar-refractivity contribution >= 4 is 27.3 Å². The lowest BCUT2D eigenvalue weighted by atomic mass is 9.87. The number of rotatable bonds is 4. The van der Waals surface area contributed by atoms with E-state index in [1.807, 2.05) is 0 Å². The molecule has 0 aliphatic heterocycles. The largest absolute Gasteiger partial charge is 0.392 e. The summed E-state index contributed by atoms with van der Waals surface area (Å²) in [5, 5.41) is 12.4. The van der Waals surface area contributed by atoms with Crippen LogP contribution in [0.4, 0.5) is 0 Å². The number of thiophene rings is 1. The summed E-state index contributed by atoms with van der Waals surface area (Å²) >= 11 is 5.27. The van der Waals surface area contributed by atoms with Gasteiger partial charge in [-0.15, -0.1) is 11.3 Å². The van der Waals surface area contributed by atoms with E-state index in [1.165, 1.54) is 4.88 Å². The van der Waals surface area contributed by atoms with Gasteiger partial charge in [0.2, 0.25) is 0 Å². The van der Waals surface area contributed by atoms with Crippen LogP contribution < -0.4 is 0 Å². The summed E-state index contributed by atoms with van der Waals surface area (Å²) in [6, 6.07) is 2.18. The molecule has 4 heteroatoms. The van der Waals surface area contributed by atoms with Gasteiger partial charge in [-0.25, -0.2) is 0 Å². The quantitative estimate of drug-likeness (QED) is 0.908. The van der Waals surface area contributed by atoms with Crippen LogP contribution in [0, 0.1) is 11.3 Å². The zero-order chi connectivity index (χ0) is 13.3. The van der Waals surface area contributed by atoms with Crippen LogP contribution >= 0.6 is 27.3 Å². The summed E-state index contributed by atoms with van der Waals surface area (Å²) in [6.07, 6.45) is 2.12. The number of halogens is 1. The van der Waals surface area contributed by atoms with E-state index in [1.54, 1.807) is 11.3 Å². The van der Waals surface area contributed by atoms with E-state index in [9.17, 15) is 5.11 Å². The second kappa shape index (κ2) is 5.61. The molecule has 0 amide bonds. The van der Waals surface area contributed by atoms with Crippen molar-refractivity contribution in [3.8, 4) is 0 Å². The second-order valence-corrected chi connectivity index (χ2v) is 8.07. The van der Waals surface area contributed by atoms with Crippen LogP contribution in [0.3, 0.4) is 0 Å². The van der Waals surface area contributed by atoms with E-state index in [0.717, 1.165) is 30.4 Å². The predicted molar refractivity (Wildman–Crippen MR) is 80.9 cm³/mol. The molecule has 0 aromatic carbocycles. The van der Waals surface area contributed by atoms with Crippen LogP contribution in [0.2, 0.25) is 0 Å². The molecule has 0 spiro atoms. The van der Waals surface area contributed by atoms with Crippen molar-refractivity contribution in [2.75, 3.05) is 13.6 Å². The highest BCUT2D eigenvalue weighted by atomic mass is 79.9. The van der Waals surface area contributed by atoms with Crippen molar-refractivity contribution in [3.05, 3.63) is 20.8 Å². The topological polar surface area (TPSA) is 23.5 Å². The Bertz CT molecular complexity index is 404. The summed E-state index contributed by atoms with van der Waals surface area (Å²) < 4.78 is 1.16. The molecule has 18 heavy (non-hydrogen) atoms. The zero-order valence-corrected chi connectivity index (χ0v) is 13.7. The molecule has 2 nitrogen and oxygen atoms in total. The van der Waals surface area contributed by atoms with Crippen molar-refractivity contribution in [1.82, 2.24) is 4.90 Å². The number of aliphatic hydroxyl groups excluding tert-OH is 1. The van der Waals surface area contributed by atoms with Crippen LogP contribution in [0.1, 0.15) is 31.6 Å². The molecular formula is C14H22BrNOS. The van der Waals surface area contributed by atoms with Crippen LogP contribution in [-0.2, 0) is 6.54 Å². The van der Waals surface area contributed by atoms with Gasteiger partial charge in [0.15, 0.2) is 0 Å². The Labute approximate surface area is 122 Å². The van der Waals surface area contributed by atoms with Gasteiger partial charge in [-0.05, 0) is 53.2 Å². The lowest BCUT2D eigenvalue weighted by Gasteiger charge is -2.28. The van der Waals surface area contributed by atoms with Gasteiger partial charge in [0.25, 0.3) is 0 Å². The minimum absolute atomic E-state index is 0.0947. The summed E-state index contributed by atoms with van der Waals surface area (Å²) in [5.74, 6) is 0.424. The fourth-order valence-electron chi connectivity index (χ4n) is 2.86. The highest BCUT2D eigenvalue weighted by Gasteiger charge is 2.40. The zero-order valence-electron chi connectivity index (χ0n) is 11.3. The Morgan fingerprint density at radius 2 is 2.28 bits per heavy atom. The first-order valence-electron chi connectivity index (χ1n) is 6.48. The summed E-state index contributed by atoms with van der Waals surface area (Å²) in [6.45, 7) is 6.31. The Hall–Kier alpha value is 0.1000. The maximum Gasteiger partial charge on any atom is 0.0631 e. The van der Waals surface area contributed by atoms with E-state index >= 15 is 0 Å². The molecule has 1 aliphatic carbocycles. The monoisotopic (exact) mass is 331 g/mol. The van der Waals surface area contributed by atoms with Crippen LogP contribution in [-0.4, -0.2) is 29.7 Å². The van der Waals surface area contributed by atoms with Crippen LogP contribution in [0.15, 0.2) is 15.9 Å². The molecular weight excluding hydrogens is 310 g/mol. The lowest BCUT2D eigenvalue weighted by Crippen LogP contribution is -2.34. The predicted octanol–water partition coefficient (Wildman–Crippen LogP) is 3.74. The van der Waals surface area contributed by atoms with E-state index in [0.29, 0.717) is 5.92 Å². The molecule has 2 atom stereocenters. The van der Waals surface area contributed by atoms with Crippen molar-refractivity contribution in [3.63, 3.8) is 0 Å². The van der Waals surface area contributed by atoms with Gasteiger partial charge in [0.1, 0.15) is 0 Å². The van der Waals surface area contributed by atoms with Crippen molar-refractivity contribution in [2.24, 2.45) is 11.3 Å². The fourth-order valence-corrected chi connectivity index (χ4v) is 4.39. The summed E-state index contributed by atoms with van der Waals surface area (Å²) in [4.78, 5) is 3.70. The summed E-state index contributed by atoms with van der Waals surface area (Å²) in [7, 11) is 2.14. The van der Waals surface area contributed by atoms with Gasteiger partial charge in [-0.1, -0.05) is 13.8 Å². The average molecular weight is 332 g/mol. The normalized spacial score (nSPS) is 27.0. The smallest absolute Gasteiger partial charge is 0.0631 e. The van der Waals surface area contributed by atoms with E-state index in [4.69, 9.17) is 0 Å². The number of nitrogens with zero attached hydrogens (tertiary/aromatic N) is 1. The first-order valence-corrected chi connectivity index (χ1v) is 8.15. The highest BCUT2D eigenvalue weighted by Crippen LogP contribution is 2.41. The molecule has 0 bridgehead atoms. The van der Waals surface area contributed by atoms with Crippen molar-refractivity contribution in [2.45, 2.75) is 39.3 Å². The van der Waals surface area contributed by atoms with Crippen molar-refractivity contribution in [1.29, 1.82) is 0 Å². The Kier molecular flexibility index (Phi) is 4.52. The minimum Gasteiger partial charge on any atom is -0.392 e. The molecule has 2 rings (SSSR count). The van der Waals surface area contributed by atoms with Gasteiger partial charge in [-0.3, -0.25) is 0 Å². The van der Waals surface area contributed by atoms with Crippen molar-refractivity contribution < 1.29 is 5.11 Å². The average Bonchev–Trinajstić information content (AvgIpc) is 2.78. The molecule has 0 saturated heterocycles. The maximum absolute atomic E-state index is 10.3. The first-order chi connectivity index (χ1) is 8.38. The molecule has 1 fully saturated rings. The molecule has 1 aromatic heterocycles. The van der Waals surface area contributed by atoms with E-state index in [2.05, 4.69) is 53.2 Å². The number of hydrogen-bond acceptors (Lipinski definition) is 3. The third kappa shape index (κ3) is 3.35. The number of aliphatic hydroxyl groups is 1. The number of hydrogen-bond donors (Lipinski definition) is 1. The van der Waals surface area contributed by atoms with Gasteiger partial charge < -0.3 is 10.0 Å². The van der Waals surface area contributed by atoms with Crippen LogP contribution in [0.25, 0.3) is 0 Å². The molecule has 1 saturated carbocycles. The fraction of sp³-hybridized carbons (Fsp3) is 0.714. The highest BCUT2D eigenvalue weighted by molar-refractivity contribution is 9.10. The van der Waals surface area contributed by atoms with E-state index in [-0.39, 0.29) is 11.5 Å². The molecule has 1 heterocycles. The molecule has 0 radical (unpaired) electrons. The van der Waals surface area contributed by atoms with Gasteiger partial charge in [0.05, 0.1) is 6.10 Å². The molecule has 1 aliphatic rings. The van der Waals surface area contributed by atoms with Gasteiger partial charge >= 0.3 is 0 Å². The standard InChI is InChI=1S/C14H22BrNOS/c1-14(2)5-4-10(13(14)17)7-16(3)8-12-6-11(15)9-18-12/h6,9-10,13,17H,4-5,7-8H2,1-3H3. The molecule has 1 aromatic rings. The Morgan fingerprint density at radius 3 is 2.78 bits per heavy atom. The van der Waals surface area contributed by atoms with Gasteiger partial charge in [-0.2, -0.15) is 0 Å². The molecule has 1 N–H and O–H groups in total. The second-order valence-electron chi connectivity index (χ2n) is 6.16. The van der Waals surface area contributed by atoms with Gasteiger partial charge in [0, 0.05) is 27.8 Å². The summed E-state index contributed by atoms with van der Waals surface area (Å²) in [5.41, 5.74) is 0.0947. The SMILES string of the molecule is CN(Cc1cc(Br)cs1)CC1CCC(C)(C)C1O. The van der Waals surface area contributed by atoms with E-state index < -0.39 is 0 Å². The third-order valence-electron chi connectivity index (χ3n) is 4.00. The first kappa shape index (κ1) is 14.5. The Balaban J connectivity index is 1.87. The minimum atomic E-state index is -0.157. The molecule has 2 unspecified atom stereocenters. The van der Waals surface area contributed by atoms with Crippen LogP contribution in [0.5, 0.6) is 0 Å².